The van der Waals surface area contributed by atoms with Crippen molar-refractivity contribution in [3.05, 3.63) is 37.3 Å². The lowest BCUT2D eigenvalue weighted by molar-refractivity contribution is 0.523. The molecule has 0 spiro atoms. The summed E-state index contributed by atoms with van der Waals surface area (Å²) in [6.45, 7) is 8.99. The average Bonchev–Trinajstić information content (AvgIpc) is 2.78. The molecule has 179 valence electrons. The summed E-state index contributed by atoms with van der Waals surface area (Å²) in [6.07, 6.45) is 28.7. The molecule has 0 N–H and O–H groups in total. The second-order valence-corrected chi connectivity index (χ2v) is 15.4. The van der Waals surface area contributed by atoms with Crippen molar-refractivity contribution in [3.8, 4) is 0 Å². The number of hydrogen-bond acceptors (Lipinski definition) is 0. The third kappa shape index (κ3) is 16.7. The molecule has 31 heavy (non-hydrogen) atoms. The summed E-state index contributed by atoms with van der Waals surface area (Å²) in [5.74, 6) is 0. The first-order valence-corrected chi connectivity index (χ1v) is 17.2. The number of rotatable bonds is 22. The number of unbranched alkanes of at least 4 members (excludes halogenated alkanes) is 19. The second-order valence-electron chi connectivity index (χ2n) is 10.6. The molecular weight excluding hydrogens is 388 g/mol. The fourth-order valence-electron chi connectivity index (χ4n) is 4.78. The van der Waals surface area contributed by atoms with Crippen molar-refractivity contribution in [3.63, 3.8) is 0 Å². The van der Waals surface area contributed by atoms with Crippen molar-refractivity contribution in [2.24, 2.45) is 0 Å². The Bertz CT molecular complexity index is 478. The van der Waals surface area contributed by atoms with Gasteiger partial charge in [-0.1, -0.05) is 190 Å². The van der Waals surface area contributed by atoms with E-state index in [9.17, 15) is 0 Å². The van der Waals surface area contributed by atoms with Crippen molar-refractivity contribution in [2.45, 2.75) is 148 Å². The molecular formula is C30H55Si. The van der Waals surface area contributed by atoms with Gasteiger partial charge in [0, 0.05) is 0 Å². The third-order valence-corrected chi connectivity index (χ3v) is 10.6. The quantitative estimate of drug-likeness (QED) is 0.123. The van der Waals surface area contributed by atoms with Gasteiger partial charge < -0.3 is 0 Å². The van der Waals surface area contributed by atoms with Gasteiger partial charge in [-0.25, -0.2) is 0 Å². The van der Waals surface area contributed by atoms with Crippen LogP contribution < -0.4 is 5.19 Å². The zero-order chi connectivity index (χ0) is 22.5. The SMILES string of the molecule is [CH2]CCCCCCCCCCCCCCCCCCCCC[Si](C)(C)c1ccccc1. The first-order chi connectivity index (χ1) is 15.2. The summed E-state index contributed by atoms with van der Waals surface area (Å²) in [5, 5.41) is 1.63. The molecule has 0 bridgehead atoms. The molecule has 0 saturated carbocycles. The van der Waals surface area contributed by atoms with E-state index in [0.29, 0.717) is 0 Å². The minimum atomic E-state index is -1.20. The summed E-state index contributed by atoms with van der Waals surface area (Å²) in [4.78, 5) is 0. The summed E-state index contributed by atoms with van der Waals surface area (Å²) >= 11 is 0. The largest absolute Gasteiger partial charge is 0.0806 e. The highest BCUT2D eigenvalue weighted by atomic mass is 28.3. The van der Waals surface area contributed by atoms with E-state index in [2.05, 4.69) is 50.3 Å². The minimum Gasteiger partial charge on any atom is -0.0654 e. The van der Waals surface area contributed by atoms with Gasteiger partial charge in [0.25, 0.3) is 0 Å². The summed E-state index contributed by atoms with van der Waals surface area (Å²) in [6, 6.07) is 12.7. The van der Waals surface area contributed by atoms with Crippen LogP contribution in [0.3, 0.4) is 0 Å². The lowest BCUT2D eigenvalue weighted by Crippen LogP contribution is -2.40. The molecule has 1 aromatic carbocycles. The molecule has 0 aliphatic rings. The van der Waals surface area contributed by atoms with Gasteiger partial charge in [-0.2, -0.15) is 0 Å². The van der Waals surface area contributed by atoms with E-state index in [-0.39, 0.29) is 0 Å². The van der Waals surface area contributed by atoms with E-state index in [4.69, 9.17) is 0 Å². The Balaban J connectivity index is 1.76. The first-order valence-electron chi connectivity index (χ1n) is 14.0. The van der Waals surface area contributed by atoms with E-state index < -0.39 is 8.07 Å². The maximum atomic E-state index is 3.92. The Morgan fingerprint density at radius 2 is 0.806 bits per heavy atom. The fourth-order valence-corrected chi connectivity index (χ4v) is 7.30. The Labute approximate surface area is 198 Å². The van der Waals surface area contributed by atoms with Gasteiger partial charge in [0.1, 0.15) is 0 Å². The summed E-state index contributed by atoms with van der Waals surface area (Å²) < 4.78 is 0. The van der Waals surface area contributed by atoms with Gasteiger partial charge in [0.15, 0.2) is 0 Å². The van der Waals surface area contributed by atoms with Crippen LogP contribution in [0.25, 0.3) is 0 Å². The standard InChI is InChI=1S/C30H55Si/c1-4-5-6-7-8-9-10-11-12-13-14-15-16-17-18-19-20-21-22-26-29-31(2,3)30-27-24-23-25-28-30/h23-25,27-28H,1,4-22,26,29H2,2-3H3. The minimum absolute atomic E-state index is 1.12. The van der Waals surface area contributed by atoms with E-state index in [1.54, 1.807) is 5.19 Å². The molecule has 0 unspecified atom stereocenters. The molecule has 0 saturated heterocycles. The van der Waals surface area contributed by atoms with Crippen LogP contribution >= 0.6 is 0 Å². The van der Waals surface area contributed by atoms with Crippen LogP contribution in [-0.2, 0) is 0 Å². The monoisotopic (exact) mass is 443 g/mol. The highest BCUT2D eigenvalue weighted by molar-refractivity contribution is 6.89. The van der Waals surface area contributed by atoms with Crippen LogP contribution in [0.4, 0.5) is 0 Å². The normalized spacial score (nSPS) is 11.8. The Hall–Kier alpha value is -0.563. The highest BCUT2D eigenvalue weighted by Gasteiger charge is 2.21. The van der Waals surface area contributed by atoms with Gasteiger partial charge in [0.05, 0.1) is 8.07 Å². The molecule has 1 heteroatoms. The van der Waals surface area contributed by atoms with Gasteiger partial charge in [-0.3, -0.25) is 0 Å². The Morgan fingerprint density at radius 1 is 0.484 bits per heavy atom. The lowest BCUT2D eigenvalue weighted by atomic mass is 10.0. The summed E-state index contributed by atoms with van der Waals surface area (Å²) in [7, 11) is -1.20. The first kappa shape index (κ1) is 28.5. The van der Waals surface area contributed by atoms with Gasteiger partial charge in [-0.05, 0) is 0 Å². The fraction of sp³-hybridized carbons (Fsp3) is 0.767. The van der Waals surface area contributed by atoms with Crippen molar-refractivity contribution >= 4 is 13.3 Å². The molecule has 1 aromatic rings. The zero-order valence-corrected chi connectivity index (χ0v) is 22.4. The Morgan fingerprint density at radius 3 is 1.16 bits per heavy atom. The van der Waals surface area contributed by atoms with E-state index >= 15 is 0 Å². The maximum absolute atomic E-state index is 3.92. The average molecular weight is 444 g/mol. The van der Waals surface area contributed by atoms with E-state index in [0.717, 1.165) is 6.42 Å². The third-order valence-electron chi connectivity index (χ3n) is 7.11. The molecule has 0 aliphatic carbocycles. The van der Waals surface area contributed by atoms with Gasteiger partial charge >= 0.3 is 0 Å². The predicted molar refractivity (Wildman–Crippen MR) is 146 cm³/mol. The van der Waals surface area contributed by atoms with Gasteiger partial charge in [0.2, 0.25) is 0 Å². The molecule has 0 atom stereocenters. The molecule has 0 aliphatic heterocycles. The number of hydrogen-bond donors (Lipinski definition) is 0. The van der Waals surface area contributed by atoms with Crippen LogP contribution in [0, 0.1) is 6.92 Å². The van der Waals surface area contributed by atoms with Crippen molar-refractivity contribution in [1.82, 2.24) is 0 Å². The predicted octanol–water partition coefficient (Wildman–Crippen LogP) is 10.2. The molecule has 1 rings (SSSR count). The van der Waals surface area contributed by atoms with Crippen LogP contribution in [0.1, 0.15) is 128 Å². The number of benzene rings is 1. The molecule has 0 heterocycles. The molecule has 1 radical (unpaired) electrons. The van der Waals surface area contributed by atoms with Crippen LogP contribution in [0.15, 0.2) is 30.3 Å². The van der Waals surface area contributed by atoms with Crippen LogP contribution in [0.2, 0.25) is 19.1 Å². The van der Waals surface area contributed by atoms with E-state index in [1.807, 2.05) is 0 Å². The van der Waals surface area contributed by atoms with Crippen molar-refractivity contribution in [1.29, 1.82) is 0 Å². The topological polar surface area (TPSA) is 0 Å². The summed E-state index contributed by atoms with van der Waals surface area (Å²) in [5.41, 5.74) is 0. The molecule has 0 fully saturated rings. The van der Waals surface area contributed by atoms with Crippen LogP contribution in [-0.4, -0.2) is 8.07 Å². The highest BCUT2D eigenvalue weighted by Crippen LogP contribution is 2.18. The zero-order valence-electron chi connectivity index (χ0n) is 21.4. The van der Waals surface area contributed by atoms with Crippen molar-refractivity contribution in [2.75, 3.05) is 0 Å². The molecule has 0 aromatic heterocycles. The maximum Gasteiger partial charge on any atom is 0.0806 e. The molecule has 0 amide bonds. The second kappa shape index (κ2) is 20.1. The van der Waals surface area contributed by atoms with Crippen molar-refractivity contribution < 1.29 is 0 Å². The Kier molecular flexibility index (Phi) is 18.4. The lowest BCUT2D eigenvalue weighted by Gasteiger charge is -2.22. The van der Waals surface area contributed by atoms with Gasteiger partial charge in [-0.15, -0.1) is 0 Å². The van der Waals surface area contributed by atoms with Crippen LogP contribution in [0.5, 0.6) is 0 Å². The van der Waals surface area contributed by atoms with E-state index in [1.165, 1.54) is 128 Å². The smallest absolute Gasteiger partial charge is 0.0654 e. The molecule has 0 nitrogen and oxygen atoms in total.